The van der Waals surface area contributed by atoms with Gasteiger partial charge in [0, 0.05) is 17.6 Å². The van der Waals surface area contributed by atoms with Crippen LogP contribution in [0.15, 0.2) is 18.2 Å². The number of rotatable bonds is 2. The van der Waals surface area contributed by atoms with E-state index >= 15 is 0 Å². The zero-order valence-corrected chi connectivity index (χ0v) is 11.5. The predicted molar refractivity (Wildman–Crippen MR) is 78.2 cm³/mol. The van der Waals surface area contributed by atoms with E-state index < -0.39 is 0 Å². The van der Waals surface area contributed by atoms with E-state index in [2.05, 4.69) is 17.6 Å². The van der Waals surface area contributed by atoms with Gasteiger partial charge in [0.2, 0.25) is 0 Å². The molecule has 0 bridgehead atoms. The molecule has 2 fully saturated rings. The topological polar surface area (TPSA) is 43.8 Å². The normalized spacial score (nSPS) is 27.2. The van der Waals surface area contributed by atoms with E-state index in [4.69, 9.17) is 10.7 Å². The zero-order chi connectivity index (χ0) is 13.0. The molecule has 0 aliphatic heterocycles. The molecule has 2 saturated carbocycles. The highest BCUT2D eigenvalue weighted by molar-refractivity contribution is 5.80. The zero-order valence-electron chi connectivity index (χ0n) is 11.5. The van der Waals surface area contributed by atoms with Gasteiger partial charge in [0.25, 0.3) is 0 Å². The maximum atomic E-state index is 5.90. The minimum absolute atomic E-state index is 0.652. The quantitative estimate of drug-likeness (QED) is 0.828. The Kier molecular flexibility index (Phi) is 2.38. The van der Waals surface area contributed by atoms with Crippen LogP contribution in [0.3, 0.4) is 0 Å². The molecule has 0 saturated heterocycles. The van der Waals surface area contributed by atoms with Crippen LogP contribution in [0.2, 0.25) is 0 Å². The first-order valence-corrected chi connectivity index (χ1v) is 7.49. The molecule has 100 valence electrons. The Hall–Kier alpha value is -1.51. The number of imidazole rings is 1. The number of benzene rings is 1. The number of nitrogens with zero attached hydrogens (tertiary/aromatic N) is 2. The minimum atomic E-state index is 0.652. The Morgan fingerprint density at radius 2 is 2.05 bits per heavy atom. The summed E-state index contributed by atoms with van der Waals surface area (Å²) >= 11 is 0. The van der Waals surface area contributed by atoms with Gasteiger partial charge in [-0.1, -0.05) is 6.92 Å². The van der Waals surface area contributed by atoms with Crippen LogP contribution in [-0.2, 0) is 0 Å². The standard InChI is InChI=1S/C16H21N3/c1-10-2-6-13(8-10)19-15-7-5-12(17)9-14(15)18-16(19)11-3-4-11/h5,7,9-11,13H,2-4,6,8,17H2,1H3. The molecule has 1 aromatic heterocycles. The minimum Gasteiger partial charge on any atom is -0.399 e. The molecule has 3 heteroatoms. The van der Waals surface area contributed by atoms with Gasteiger partial charge in [-0.15, -0.1) is 0 Å². The number of aromatic nitrogens is 2. The number of anilines is 1. The lowest BCUT2D eigenvalue weighted by molar-refractivity contribution is 0.488. The Morgan fingerprint density at radius 3 is 2.74 bits per heavy atom. The smallest absolute Gasteiger partial charge is 0.113 e. The fourth-order valence-electron chi connectivity index (χ4n) is 3.56. The summed E-state index contributed by atoms with van der Waals surface area (Å²) < 4.78 is 2.54. The Balaban J connectivity index is 1.88. The van der Waals surface area contributed by atoms with E-state index in [0.29, 0.717) is 12.0 Å². The number of hydrogen-bond donors (Lipinski definition) is 1. The molecule has 3 nitrogen and oxygen atoms in total. The number of fused-ring (bicyclic) bond motifs is 1. The summed E-state index contributed by atoms with van der Waals surface area (Å²) in [7, 11) is 0. The molecular weight excluding hydrogens is 234 g/mol. The summed E-state index contributed by atoms with van der Waals surface area (Å²) in [5.74, 6) is 2.87. The maximum absolute atomic E-state index is 5.90. The molecule has 19 heavy (non-hydrogen) atoms. The van der Waals surface area contributed by atoms with Crippen LogP contribution < -0.4 is 5.73 Å². The van der Waals surface area contributed by atoms with Crippen molar-refractivity contribution in [3.63, 3.8) is 0 Å². The molecule has 2 atom stereocenters. The summed E-state index contributed by atoms with van der Waals surface area (Å²) in [6.45, 7) is 2.37. The van der Waals surface area contributed by atoms with E-state index in [1.54, 1.807) is 0 Å². The van der Waals surface area contributed by atoms with E-state index in [0.717, 1.165) is 17.1 Å². The molecule has 2 unspecified atom stereocenters. The summed E-state index contributed by atoms with van der Waals surface area (Å²) in [5, 5.41) is 0. The summed E-state index contributed by atoms with van der Waals surface area (Å²) in [4.78, 5) is 4.89. The maximum Gasteiger partial charge on any atom is 0.113 e. The van der Waals surface area contributed by atoms with Crippen molar-refractivity contribution < 1.29 is 0 Å². The van der Waals surface area contributed by atoms with Gasteiger partial charge < -0.3 is 10.3 Å². The fraction of sp³-hybridized carbons (Fsp3) is 0.562. The van der Waals surface area contributed by atoms with Gasteiger partial charge in [0.05, 0.1) is 11.0 Å². The van der Waals surface area contributed by atoms with Crippen molar-refractivity contribution in [2.24, 2.45) is 5.92 Å². The number of nitrogens with two attached hydrogens (primary N) is 1. The second kappa shape index (κ2) is 3.99. The third-order valence-corrected chi connectivity index (χ3v) is 4.72. The first-order valence-electron chi connectivity index (χ1n) is 7.49. The molecule has 1 heterocycles. The van der Waals surface area contributed by atoms with Crippen LogP contribution in [0.4, 0.5) is 5.69 Å². The van der Waals surface area contributed by atoms with Crippen molar-refractivity contribution in [3.8, 4) is 0 Å². The van der Waals surface area contributed by atoms with Crippen molar-refractivity contribution in [1.82, 2.24) is 9.55 Å². The number of hydrogen-bond acceptors (Lipinski definition) is 2. The van der Waals surface area contributed by atoms with Gasteiger partial charge in [-0.2, -0.15) is 0 Å². The predicted octanol–water partition coefficient (Wildman–Crippen LogP) is 3.86. The largest absolute Gasteiger partial charge is 0.399 e. The third-order valence-electron chi connectivity index (χ3n) is 4.72. The fourth-order valence-corrected chi connectivity index (χ4v) is 3.56. The van der Waals surface area contributed by atoms with Gasteiger partial charge in [-0.05, 0) is 56.2 Å². The number of nitrogen functional groups attached to an aromatic ring is 1. The lowest BCUT2D eigenvalue weighted by Crippen LogP contribution is -2.09. The Bertz CT molecular complexity index is 624. The molecule has 2 N–H and O–H groups in total. The van der Waals surface area contributed by atoms with E-state index in [1.807, 2.05) is 12.1 Å². The second-order valence-electron chi connectivity index (χ2n) is 6.43. The lowest BCUT2D eigenvalue weighted by Gasteiger charge is -2.16. The van der Waals surface area contributed by atoms with Crippen molar-refractivity contribution >= 4 is 16.7 Å². The Labute approximate surface area is 113 Å². The van der Waals surface area contributed by atoms with Crippen molar-refractivity contribution in [1.29, 1.82) is 0 Å². The average Bonchev–Trinajstić information content (AvgIpc) is 3.04. The van der Waals surface area contributed by atoms with Crippen molar-refractivity contribution in [2.75, 3.05) is 5.73 Å². The van der Waals surface area contributed by atoms with Crippen LogP contribution in [0.25, 0.3) is 11.0 Å². The average molecular weight is 255 g/mol. The SMILES string of the molecule is CC1CCC(n2c(C3CC3)nc3cc(N)ccc32)C1. The Morgan fingerprint density at radius 1 is 1.21 bits per heavy atom. The molecule has 2 aromatic rings. The molecule has 0 radical (unpaired) electrons. The molecule has 2 aliphatic rings. The van der Waals surface area contributed by atoms with Crippen LogP contribution in [-0.4, -0.2) is 9.55 Å². The third kappa shape index (κ3) is 1.83. The van der Waals surface area contributed by atoms with Gasteiger partial charge in [0.15, 0.2) is 0 Å². The summed E-state index contributed by atoms with van der Waals surface area (Å²) in [6.07, 6.45) is 6.57. The van der Waals surface area contributed by atoms with Gasteiger partial charge >= 0.3 is 0 Å². The highest BCUT2D eigenvalue weighted by atomic mass is 15.1. The lowest BCUT2D eigenvalue weighted by atomic mass is 10.1. The molecule has 0 spiro atoms. The van der Waals surface area contributed by atoms with Crippen LogP contribution in [0.5, 0.6) is 0 Å². The van der Waals surface area contributed by atoms with E-state index in [9.17, 15) is 0 Å². The summed E-state index contributed by atoms with van der Waals surface area (Å²) in [5.41, 5.74) is 9.09. The first-order chi connectivity index (χ1) is 9.22. The van der Waals surface area contributed by atoms with Crippen LogP contribution in [0, 0.1) is 5.92 Å². The van der Waals surface area contributed by atoms with Gasteiger partial charge in [-0.25, -0.2) is 4.98 Å². The molecule has 2 aliphatic carbocycles. The molecule has 0 amide bonds. The summed E-state index contributed by atoms with van der Waals surface area (Å²) in [6, 6.07) is 6.84. The van der Waals surface area contributed by atoms with Crippen molar-refractivity contribution in [2.45, 2.75) is 51.0 Å². The highest BCUT2D eigenvalue weighted by Crippen LogP contribution is 2.45. The van der Waals surface area contributed by atoms with Gasteiger partial charge in [0.1, 0.15) is 5.82 Å². The molecule has 4 rings (SSSR count). The highest BCUT2D eigenvalue weighted by Gasteiger charge is 2.33. The van der Waals surface area contributed by atoms with Gasteiger partial charge in [-0.3, -0.25) is 0 Å². The molecular formula is C16H21N3. The van der Waals surface area contributed by atoms with E-state index in [1.165, 1.54) is 43.4 Å². The first kappa shape index (κ1) is 11.3. The van der Waals surface area contributed by atoms with E-state index in [-0.39, 0.29) is 0 Å². The van der Waals surface area contributed by atoms with Crippen molar-refractivity contribution in [3.05, 3.63) is 24.0 Å². The van der Waals surface area contributed by atoms with Crippen LogP contribution >= 0.6 is 0 Å². The second-order valence-corrected chi connectivity index (χ2v) is 6.43. The molecule has 1 aromatic carbocycles. The van der Waals surface area contributed by atoms with Crippen LogP contribution in [0.1, 0.15) is 56.8 Å². The monoisotopic (exact) mass is 255 g/mol.